The van der Waals surface area contributed by atoms with E-state index in [9.17, 15) is 14.3 Å². The molecule has 1 aliphatic heterocycles. The largest absolute Gasteiger partial charge is 0.481 e. The lowest BCUT2D eigenvalue weighted by atomic mass is 9.86. The van der Waals surface area contributed by atoms with Crippen LogP contribution in [-0.2, 0) is 10.3 Å². The number of benzene rings is 1. The van der Waals surface area contributed by atoms with Crippen LogP contribution in [0.3, 0.4) is 0 Å². The van der Waals surface area contributed by atoms with Gasteiger partial charge in [-0.15, -0.1) is 0 Å². The fraction of sp³-hybridized carbons (Fsp3) is 0.533. The minimum absolute atomic E-state index is 0.0261. The number of nitrogens with zero attached hydrogens (tertiary/aromatic N) is 2. The quantitative estimate of drug-likeness (QED) is 0.927. The van der Waals surface area contributed by atoms with Gasteiger partial charge in [0.2, 0.25) is 0 Å². The maximum atomic E-state index is 13.4. The molecule has 1 N–H and O–H groups in total. The van der Waals surface area contributed by atoms with Gasteiger partial charge in [0.15, 0.2) is 0 Å². The molecule has 1 atom stereocenters. The summed E-state index contributed by atoms with van der Waals surface area (Å²) in [7, 11) is 2.04. The molecular weight excluding hydrogens is 295 g/mol. The maximum absolute atomic E-state index is 13.4. The first-order valence-electron chi connectivity index (χ1n) is 6.94. The van der Waals surface area contributed by atoms with Gasteiger partial charge in [-0.05, 0) is 31.7 Å². The SMILES string of the molecule is CN1CCN(C(C)(CC(=O)O)c2ccc(F)c(Cl)c2)CC1. The van der Waals surface area contributed by atoms with Crippen LogP contribution >= 0.6 is 11.6 Å². The Morgan fingerprint density at radius 2 is 2.00 bits per heavy atom. The van der Waals surface area contributed by atoms with E-state index >= 15 is 0 Å². The Morgan fingerprint density at radius 3 is 2.52 bits per heavy atom. The fourth-order valence-electron chi connectivity index (χ4n) is 2.82. The number of carbonyl (C=O) groups is 1. The molecule has 2 rings (SSSR count). The van der Waals surface area contributed by atoms with Gasteiger partial charge < -0.3 is 10.0 Å². The number of carboxylic acid groups (broad SMARTS) is 1. The summed E-state index contributed by atoms with van der Waals surface area (Å²) < 4.78 is 13.4. The number of likely N-dealkylation sites (N-methyl/N-ethyl adjacent to an activating group) is 1. The summed E-state index contributed by atoms with van der Waals surface area (Å²) in [4.78, 5) is 15.7. The van der Waals surface area contributed by atoms with Gasteiger partial charge in [-0.2, -0.15) is 0 Å². The molecule has 1 aliphatic rings. The molecule has 1 saturated heterocycles. The van der Waals surface area contributed by atoms with Crippen LogP contribution in [0.4, 0.5) is 4.39 Å². The number of carboxylic acids is 1. The van der Waals surface area contributed by atoms with Crippen LogP contribution in [0, 0.1) is 5.82 Å². The lowest BCUT2D eigenvalue weighted by molar-refractivity contribution is -0.140. The van der Waals surface area contributed by atoms with Crippen LogP contribution in [0.2, 0.25) is 5.02 Å². The van der Waals surface area contributed by atoms with E-state index in [0.29, 0.717) is 0 Å². The van der Waals surface area contributed by atoms with Crippen molar-refractivity contribution in [3.8, 4) is 0 Å². The molecule has 116 valence electrons. The summed E-state index contributed by atoms with van der Waals surface area (Å²) in [5, 5.41) is 9.30. The predicted molar refractivity (Wildman–Crippen MR) is 80.1 cm³/mol. The molecule has 21 heavy (non-hydrogen) atoms. The van der Waals surface area contributed by atoms with Crippen LogP contribution in [-0.4, -0.2) is 54.1 Å². The third kappa shape index (κ3) is 3.54. The molecule has 1 aromatic carbocycles. The predicted octanol–water partition coefficient (Wildman–Crippen LogP) is 2.42. The first-order valence-corrected chi connectivity index (χ1v) is 7.31. The first-order chi connectivity index (χ1) is 9.83. The Morgan fingerprint density at radius 1 is 1.38 bits per heavy atom. The topological polar surface area (TPSA) is 43.8 Å². The highest BCUT2D eigenvalue weighted by Crippen LogP contribution is 2.34. The molecule has 0 aromatic heterocycles. The lowest BCUT2D eigenvalue weighted by Gasteiger charge is -2.45. The average molecular weight is 315 g/mol. The third-order valence-electron chi connectivity index (χ3n) is 4.24. The normalized spacial score (nSPS) is 20.2. The van der Waals surface area contributed by atoms with E-state index in [0.717, 1.165) is 31.7 Å². The summed E-state index contributed by atoms with van der Waals surface area (Å²) >= 11 is 5.87. The van der Waals surface area contributed by atoms with Crippen molar-refractivity contribution < 1.29 is 14.3 Å². The first kappa shape index (κ1) is 16.2. The van der Waals surface area contributed by atoms with Crippen molar-refractivity contribution in [2.24, 2.45) is 0 Å². The summed E-state index contributed by atoms with van der Waals surface area (Å²) in [5.74, 6) is -1.37. The Labute approximate surface area is 129 Å². The van der Waals surface area contributed by atoms with E-state index in [-0.39, 0.29) is 11.4 Å². The highest BCUT2D eigenvalue weighted by Gasteiger charge is 2.37. The molecule has 6 heteroatoms. The molecular formula is C15H20ClFN2O2. The zero-order valence-electron chi connectivity index (χ0n) is 12.3. The van der Waals surface area contributed by atoms with Crippen molar-refractivity contribution in [2.45, 2.75) is 18.9 Å². The maximum Gasteiger partial charge on any atom is 0.305 e. The molecule has 0 amide bonds. The molecule has 0 spiro atoms. The Balaban J connectivity index is 2.35. The number of piperazine rings is 1. The standard InChI is InChI=1S/C15H20ClFN2O2/c1-15(10-14(20)21,19-7-5-18(2)6-8-19)11-3-4-13(17)12(16)9-11/h3-4,9H,5-8,10H2,1-2H3,(H,20,21). The van der Waals surface area contributed by atoms with Gasteiger partial charge >= 0.3 is 5.97 Å². The van der Waals surface area contributed by atoms with Gasteiger partial charge in [0.1, 0.15) is 5.82 Å². The smallest absolute Gasteiger partial charge is 0.305 e. The summed E-state index contributed by atoms with van der Waals surface area (Å²) in [6.07, 6.45) is -0.0430. The zero-order chi connectivity index (χ0) is 15.6. The van der Waals surface area contributed by atoms with Crippen LogP contribution in [0.25, 0.3) is 0 Å². The number of hydrogen-bond donors (Lipinski definition) is 1. The monoisotopic (exact) mass is 314 g/mol. The van der Waals surface area contributed by atoms with E-state index in [1.807, 2.05) is 14.0 Å². The minimum Gasteiger partial charge on any atom is -0.481 e. The van der Waals surface area contributed by atoms with Crippen molar-refractivity contribution in [1.82, 2.24) is 9.80 Å². The van der Waals surface area contributed by atoms with Gasteiger partial charge in [-0.3, -0.25) is 9.69 Å². The lowest BCUT2D eigenvalue weighted by Crippen LogP contribution is -2.54. The molecule has 1 aromatic rings. The number of aliphatic carboxylic acids is 1. The molecule has 4 nitrogen and oxygen atoms in total. The van der Waals surface area contributed by atoms with Crippen LogP contribution in [0.1, 0.15) is 18.9 Å². The molecule has 0 radical (unpaired) electrons. The van der Waals surface area contributed by atoms with Crippen LogP contribution in [0.5, 0.6) is 0 Å². The van der Waals surface area contributed by atoms with E-state index < -0.39 is 17.3 Å². The summed E-state index contributed by atoms with van der Waals surface area (Å²) in [6, 6.07) is 4.47. The second-order valence-corrected chi connectivity index (χ2v) is 6.17. The van der Waals surface area contributed by atoms with Gasteiger partial charge in [0.25, 0.3) is 0 Å². The van der Waals surface area contributed by atoms with Gasteiger partial charge in [-0.25, -0.2) is 4.39 Å². The van der Waals surface area contributed by atoms with Gasteiger partial charge in [-0.1, -0.05) is 17.7 Å². The summed E-state index contributed by atoms with van der Waals surface area (Å²) in [6.45, 7) is 5.19. The Kier molecular flexibility index (Phi) is 4.86. The highest BCUT2D eigenvalue weighted by molar-refractivity contribution is 6.30. The molecule has 0 bridgehead atoms. The van der Waals surface area contributed by atoms with E-state index in [1.54, 1.807) is 6.07 Å². The van der Waals surface area contributed by atoms with Crippen molar-refractivity contribution in [2.75, 3.05) is 33.2 Å². The third-order valence-corrected chi connectivity index (χ3v) is 4.53. The van der Waals surface area contributed by atoms with Gasteiger partial charge in [0.05, 0.1) is 17.0 Å². The highest BCUT2D eigenvalue weighted by atomic mass is 35.5. The molecule has 0 aliphatic carbocycles. The molecule has 1 heterocycles. The van der Waals surface area contributed by atoms with Crippen LogP contribution in [0.15, 0.2) is 18.2 Å². The van der Waals surface area contributed by atoms with Gasteiger partial charge in [0, 0.05) is 26.2 Å². The molecule has 1 unspecified atom stereocenters. The Hall–Kier alpha value is -1.17. The fourth-order valence-corrected chi connectivity index (χ4v) is 3.00. The molecule has 1 fully saturated rings. The van der Waals surface area contributed by atoms with Crippen molar-refractivity contribution in [1.29, 1.82) is 0 Å². The zero-order valence-corrected chi connectivity index (χ0v) is 13.0. The van der Waals surface area contributed by atoms with Crippen molar-refractivity contribution >= 4 is 17.6 Å². The number of halogens is 2. The molecule has 0 saturated carbocycles. The van der Waals surface area contributed by atoms with E-state index in [2.05, 4.69) is 9.80 Å². The van der Waals surface area contributed by atoms with E-state index in [4.69, 9.17) is 11.6 Å². The number of rotatable bonds is 4. The number of hydrogen-bond acceptors (Lipinski definition) is 3. The second-order valence-electron chi connectivity index (χ2n) is 5.76. The summed E-state index contributed by atoms with van der Waals surface area (Å²) in [5.41, 5.74) is 0.0469. The van der Waals surface area contributed by atoms with Crippen LogP contribution < -0.4 is 0 Å². The second kappa shape index (κ2) is 6.30. The Bertz CT molecular complexity index is 532. The average Bonchev–Trinajstić information content (AvgIpc) is 2.41. The van der Waals surface area contributed by atoms with Crippen molar-refractivity contribution in [3.05, 3.63) is 34.6 Å². The van der Waals surface area contributed by atoms with E-state index in [1.165, 1.54) is 12.1 Å². The minimum atomic E-state index is -0.878. The van der Waals surface area contributed by atoms with Crippen molar-refractivity contribution in [3.63, 3.8) is 0 Å².